The molecule has 0 radical (unpaired) electrons. The SMILES string of the molecule is CC(C)C(O)C(O)c1cnccc1N. The number of hydrogen-bond donors (Lipinski definition) is 3. The Morgan fingerprint density at radius 2 is 2.00 bits per heavy atom. The molecule has 14 heavy (non-hydrogen) atoms. The van der Waals surface area contributed by atoms with E-state index in [9.17, 15) is 10.2 Å². The van der Waals surface area contributed by atoms with Gasteiger partial charge in [0.15, 0.2) is 0 Å². The van der Waals surface area contributed by atoms with Crippen LogP contribution in [-0.2, 0) is 0 Å². The number of aliphatic hydroxyl groups excluding tert-OH is 2. The fraction of sp³-hybridized carbons (Fsp3) is 0.500. The standard InChI is InChI=1S/C10H16N2O2/c1-6(2)9(13)10(14)7-5-12-4-3-8(7)11/h3-6,9-10,13-14H,1-2H3,(H2,11,12). The number of nitrogens with zero attached hydrogens (tertiary/aromatic N) is 1. The Morgan fingerprint density at radius 3 is 2.50 bits per heavy atom. The van der Waals surface area contributed by atoms with Gasteiger partial charge in [0.1, 0.15) is 6.10 Å². The Hall–Kier alpha value is -1.13. The molecule has 0 bridgehead atoms. The van der Waals surface area contributed by atoms with Crippen LogP contribution in [-0.4, -0.2) is 21.3 Å². The largest absolute Gasteiger partial charge is 0.398 e. The van der Waals surface area contributed by atoms with Gasteiger partial charge in [-0.1, -0.05) is 13.8 Å². The summed E-state index contributed by atoms with van der Waals surface area (Å²) < 4.78 is 0. The second-order valence-corrected chi connectivity index (χ2v) is 3.68. The number of hydrogen-bond acceptors (Lipinski definition) is 4. The lowest BCUT2D eigenvalue weighted by Crippen LogP contribution is -2.24. The molecular weight excluding hydrogens is 180 g/mol. The zero-order valence-electron chi connectivity index (χ0n) is 8.38. The third-order valence-electron chi connectivity index (χ3n) is 2.21. The average molecular weight is 196 g/mol. The van der Waals surface area contributed by atoms with Crippen LogP contribution in [0, 0.1) is 5.92 Å². The van der Waals surface area contributed by atoms with Gasteiger partial charge in [-0.05, 0) is 12.0 Å². The molecular formula is C10H16N2O2. The summed E-state index contributed by atoms with van der Waals surface area (Å²) in [6.45, 7) is 3.67. The lowest BCUT2D eigenvalue weighted by molar-refractivity contribution is -0.00917. The van der Waals surface area contributed by atoms with Crippen molar-refractivity contribution in [2.75, 3.05) is 5.73 Å². The van der Waals surface area contributed by atoms with Crippen LogP contribution in [0.4, 0.5) is 5.69 Å². The molecule has 2 unspecified atom stereocenters. The highest BCUT2D eigenvalue weighted by molar-refractivity contribution is 5.45. The molecule has 1 aromatic heterocycles. The van der Waals surface area contributed by atoms with Crippen molar-refractivity contribution in [3.63, 3.8) is 0 Å². The van der Waals surface area contributed by atoms with Gasteiger partial charge in [0.25, 0.3) is 0 Å². The van der Waals surface area contributed by atoms with Crippen molar-refractivity contribution in [2.24, 2.45) is 5.92 Å². The van der Waals surface area contributed by atoms with Crippen molar-refractivity contribution in [3.8, 4) is 0 Å². The molecule has 2 atom stereocenters. The van der Waals surface area contributed by atoms with Crippen LogP contribution in [0.25, 0.3) is 0 Å². The van der Waals surface area contributed by atoms with Gasteiger partial charge >= 0.3 is 0 Å². The van der Waals surface area contributed by atoms with Gasteiger partial charge in [0.2, 0.25) is 0 Å². The van der Waals surface area contributed by atoms with Gasteiger partial charge in [-0.2, -0.15) is 0 Å². The lowest BCUT2D eigenvalue weighted by atomic mass is 9.96. The van der Waals surface area contributed by atoms with E-state index in [0.29, 0.717) is 11.3 Å². The molecule has 0 spiro atoms. The number of anilines is 1. The highest BCUT2D eigenvalue weighted by Gasteiger charge is 2.23. The molecule has 1 rings (SSSR count). The molecule has 0 saturated carbocycles. The van der Waals surface area contributed by atoms with Gasteiger partial charge in [0.05, 0.1) is 6.10 Å². The molecule has 1 aromatic rings. The average Bonchev–Trinajstić information content (AvgIpc) is 2.16. The summed E-state index contributed by atoms with van der Waals surface area (Å²) in [6.07, 6.45) is 1.24. The van der Waals surface area contributed by atoms with E-state index in [1.807, 2.05) is 13.8 Å². The summed E-state index contributed by atoms with van der Waals surface area (Å²) in [5.74, 6) is -0.0235. The van der Waals surface area contributed by atoms with Gasteiger partial charge in [0, 0.05) is 23.6 Å². The maximum atomic E-state index is 9.77. The molecule has 4 N–H and O–H groups in total. The molecule has 0 aliphatic rings. The van der Waals surface area contributed by atoms with Gasteiger partial charge in [-0.15, -0.1) is 0 Å². The fourth-order valence-electron chi connectivity index (χ4n) is 1.21. The molecule has 0 amide bonds. The first-order valence-electron chi connectivity index (χ1n) is 4.59. The van der Waals surface area contributed by atoms with Crippen LogP contribution in [0.3, 0.4) is 0 Å². The number of nitrogens with two attached hydrogens (primary N) is 1. The monoisotopic (exact) mass is 196 g/mol. The molecule has 4 heteroatoms. The van der Waals surface area contributed by atoms with Crippen molar-refractivity contribution >= 4 is 5.69 Å². The van der Waals surface area contributed by atoms with E-state index in [4.69, 9.17) is 5.73 Å². The number of rotatable bonds is 3. The summed E-state index contributed by atoms with van der Waals surface area (Å²) in [7, 11) is 0. The summed E-state index contributed by atoms with van der Waals surface area (Å²) in [5, 5.41) is 19.4. The van der Waals surface area contributed by atoms with Gasteiger partial charge < -0.3 is 15.9 Å². The maximum absolute atomic E-state index is 9.77. The minimum absolute atomic E-state index is 0.0235. The van der Waals surface area contributed by atoms with Crippen molar-refractivity contribution in [1.29, 1.82) is 0 Å². The summed E-state index contributed by atoms with van der Waals surface area (Å²) in [4.78, 5) is 3.86. The molecule has 0 aliphatic heterocycles. The number of aliphatic hydroxyl groups is 2. The van der Waals surface area contributed by atoms with Crippen LogP contribution in [0.5, 0.6) is 0 Å². The molecule has 0 aromatic carbocycles. The Labute approximate surface area is 83.4 Å². The quantitative estimate of drug-likeness (QED) is 0.665. The molecule has 78 valence electrons. The number of pyridine rings is 1. The van der Waals surface area contributed by atoms with E-state index < -0.39 is 12.2 Å². The van der Waals surface area contributed by atoms with E-state index in [1.165, 1.54) is 6.20 Å². The Balaban J connectivity index is 2.89. The van der Waals surface area contributed by atoms with Crippen LogP contribution in [0.2, 0.25) is 0 Å². The smallest absolute Gasteiger partial charge is 0.109 e. The second kappa shape index (κ2) is 4.39. The van der Waals surface area contributed by atoms with Crippen LogP contribution in [0.1, 0.15) is 25.5 Å². The third kappa shape index (κ3) is 2.21. The van der Waals surface area contributed by atoms with Crippen LogP contribution < -0.4 is 5.73 Å². The normalized spacial score (nSPS) is 15.5. The Morgan fingerprint density at radius 1 is 1.36 bits per heavy atom. The Bertz CT molecular complexity index is 302. The maximum Gasteiger partial charge on any atom is 0.109 e. The number of nitrogen functional groups attached to an aromatic ring is 1. The van der Waals surface area contributed by atoms with E-state index in [2.05, 4.69) is 4.98 Å². The van der Waals surface area contributed by atoms with E-state index in [-0.39, 0.29) is 5.92 Å². The first-order valence-corrected chi connectivity index (χ1v) is 4.59. The van der Waals surface area contributed by atoms with Crippen molar-refractivity contribution in [1.82, 2.24) is 4.98 Å². The van der Waals surface area contributed by atoms with Crippen molar-refractivity contribution in [2.45, 2.75) is 26.1 Å². The summed E-state index contributed by atoms with van der Waals surface area (Å²) in [5.41, 5.74) is 6.58. The van der Waals surface area contributed by atoms with Crippen molar-refractivity contribution < 1.29 is 10.2 Å². The third-order valence-corrected chi connectivity index (χ3v) is 2.21. The zero-order chi connectivity index (χ0) is 10.7. The van der Waals surface area contributed by atoms with E-state index in [0.717, 1.165) is 0 Å². The molecule has 1 heterocycles. The van der Waals surface area contributed by atoms with E-state index >= 15 is 0 Å². The van der Waals surface area contributed by atoms with Crippen molar-refractivity contribution in [3.05, 3.63) is 24.0 Å². The molecule has 0 aliphatic carbocycles. The first-order chi connectivity index (χ1) is 6.54. The minimum Gasteiger partial charge on any atom is -0.398 e. The fourth-order valence-corrected chi connectivity index (χ4v) is 1.21. The summed E-state index contributed by atoms with van der Waals surface area (Å²) >= 11 is 0. The highest BCUT2D eigenvalue weighted by atomic mass is 16.3. The molecule has 0 fully saturated rings. The number of aromatic nitrogens is 1. The molecule has 0 saturated heterocycles. The zero-order valence-corrected chi connectivity index (χ0v) is 8.38. The topological polar surface area (TPSA) is 79.4 Å². The highest BCUT2D eigenvalue weighted by Crippen LogP contribution is 2.25. The first kappa shape index (κ1) is 10.9. The molecule has 4 nitrogen and oxygen atoms in total. The Kier molecular flexibility index (Phi) is 3.43. The lowest BCUT2D eigenvalue weighted by Gasteiger charge is -2.21. The van der Waals surface area contributed by atoms with Crippen LogP contribution >= 0.6 is 0 Å². The van der Waals surface area contributed by atoms with Gasteiger partial charge in [-0.25, -0.2) is 0 Å². The predicted molar refractivity (Wildman–Crippen MR) is 54.5 cm³/mol. The predicted octanol–water partition coefficient (Wildman–Crippen LogP) is 0.714. The van der Waals surface area contributed by atoms with E-state index in [1.54, 1.807) is 12.3 Å². The minimum atomic E-state index is -0.969. The second-order valence-electron chi connectivity index (χ2n) is 3.68. The summed E-state index contributed by atoms with van der Waals surface area (Å²) in [6, 6.07) is 1.60. The van der Waals surface area contributed by atoms with Crippen LogP contribution in [0.15, 0.2) is 18.5 Å². The van der Waals surface area contributed by atoms with Gasteiger partial charge in [-0.3, -0.25) is 4.98 Å².